The van der Waals surface area contributed by atoms with Gasteiger partial charge in [0.15, 0.2) is 5.78 Å². The smallest absolute Gasteiger partial charge is 0.168 e. The van der Waals surface area contributed by atoms with Gasteiger partial charge >= 0.3 is 0 Å². The first kappa shape index (κ1) is 18.9. The number of methoxy groups -OCH3 is 1. The van der Waals surface area contributed by atoms with Crippen molar-refractivity contribution in [1.29, 1.82) is 0 Å². The van der Waals surface area contributed by atoms with E-state index in [2.05, 4.69) is 0 Å². The molecular formula is C25H23NO3. The van der Waals surface area contributed by atoms with Crippen molar-refractivity contribution in [2.24, 2.45) is 4.99 Å². The Balaban J connectivity index is 1.77. The van der Waals surface area contributed by atoms with Gasteiger partial charge in [0.05, 0.1) is 18.4 Å². The first-order valence-corrected chi connectivity index (χ1v) is 9.80. The number of benzene rings is 3. The van der Waals surface area contributed by atoms with Gasteiger partial charge in [-0.1, -0.05) is 54.6 Å². The van der Waals surface area contributed by atoms with Gasteiger partial charge in [-0.2, -0.15) is 0 Å². The van der Waals surface area contributed by atoms with Crippen LogP contribution in [-0.4, -0.2) is 23.7 Å². The van der Waals surface area contributed by atoms with Crippen molar-refractivity contribution >= 4 is 28.0 Å². The molecule has 4 nitrogen and oxygen atoms in total. The molecule has 1 saturated carbocycles. The van der Waals surface area contributed by atoms with Crippen molar-refractivity contribution in [3.8, 4) is 5.75 Å². The number of aliphatic hydroxyl groups excluding tert-OH is 1. The van der Waals surface area contributed by atoms with E-state index < -0.39 is 0 Å². The Kier molecular flexibility index (Phi) is 5.43. The predicted molar refractivity (Wildman–Crippen MR) is 116 cm³/mol. The molecule has 4 heteroatoms. The Labute approximate surface area is 170 Å². The molecule has 3 aromatic carbocycles. The molecule has 29 heavy (non-hydrogen) atoms. The maximum absolute atomic E-state index is 12.7. The minimum absolute atomic E-state index is 0.0531. The molecule has 1 fully saturated rings. The van der Waals surface area contributed by atoms with Crippen LogP contribution in [0.1, 0.15) is 24.8 Å². The third kappa shape index (κ3) is 3.92. The number of rotatable bonds is 4. The number of carbonyl (C=O) groups excluding carboxylic acids is 1. The molecule has 0 aromatic heterocycles. The van der Waals surface area contributed by atoms with Crippen LogP contribution in [0.15, 0.2) is 83.1 Å². The van der Waals surface area contributed by atoms with E-state index in [9.17, 15) is 9.90 Å². The Morgan fingerprint density at radius 1 is 1.00 bits per heavy atom. The summed E-state index contributed by atoms with van der Waals surface area (Å²) in [7, 11) is 1.60. The van der Waals surface area contributed by atoms with Gasteiger partial charge in [-0.05, 0) is 41.3 Å². The molecule has 0 unspecified atom stereocenters. The topological polar surface area (TPSA) is 58.9 Å². The Morgan fingerprint density at radius 2 is 1.76 bits per heavy atom. The molecular weight excluding hydrogens is 362 g/mol. The molecule has 0 heterocycles. The molecule has 0 amide bonds. The first-order chi connectivity index (χ1) is 14.2. The van der Waals surface area contributed by atoms with Crippen LogP contribution in [0, 0.1) is 0 Å². The van der Waals surface area contributed by atoms with Gasteiger partial charge in [-0.25, -0.2) is 4.99 Å². The lowest BCUT2D eigenvalue weighted by atomic mass is 9.88. The minimum atomic E-state index is -0.0531. The van der Waals surface area contributed by atoms with Crippen LogP contribution >= 0.6 is 0 Å². The average Bonchev–Trinajstić information content (AvgIpc) is 2.74. The molecule has 0 radical (unpaired) electrons. The number of aliphatic imine (C=N–C) groups is 1. The van der Waals surface area contributed by atoms with Crippen molar-refractivity contribution in [3.63, 3.8) is 0 Å². The number of allylic oxidation sites excluding steroid dienone is 2. The van der Waals surface area contributed by atoms with Gasteiger partial charge in [0.1, 0.15) is 17.2 Å². The standard InChI is InChI=1S/C25H23NO3/c1-29-24-15-5-4-12-20(24)26-21-13-7-14-22(27)25(21)23(28)16-18-10-6-9-17-8-2-3-11-19(17)18/h2-6,8-12,15,28H,7,13-14,16H2,1H3/b25-23+,26-21?. The lowest BCUT2D eigenvalue weighted by Crippen LogP contribution is -2.21. The Bertz CT molecular complexity index is 1120. The van der Waals surface area contributed by atoms with Crippen LogP contribution in [-0.2, 0) is 11.2 Å². The van der Waals surface area contributed by atoms with Crippen molar-refractivity contribution in [3.05, 3.63) is 83.6 Å². The van der Waals surface area contributed by atoms with E-state index in [0.29, 0.717) is 42.0 Å². The number of carbonyl (C=O) groups is 1. The maximum Gasteiger partial charge on any atom is 0.168 e. The SMILES string of the molecule is COc1ccccc1N=C1CCCC(=O)/C1=C(/O)Cc1cccc2ccccc12. The zero-order chi connectivity index (χ0) is 20.2. The van der Waals surface area contributed by atoms with Crippen molar-refractivity contribution in [2.75, 3.05) is 7.11 Å². The Morgan fingerprint density at radius 3 is 2.62 bits per heavy atom. The third-order valence-electron chi connectivity index (χ3n) is 5.25. The molecule has 0 bridgehead atoms. The molecule has 0 atom stereocenters. The maximum atomic E-state index is 12.7. The van der Waals surface area contributed by atoms with Crippen molar-refractivity contribution in [1.82, 2.24) is 0 Å². The molecule has 1 aliphatic rings. The number of aliphatic hydroxyl groups is 1. The monoisotopic (exact) mass is 385 g/mol. The Hall–Kier alpha value is -3.40. The van der Waals surface area contributed by atoms with Gasteiger partial charge < -0.3 is 9.84 Å². The lowest BCUT2D eigenvalue weighted by Gasteiger charge is -2.18. The van der Waals surface area contributed by atoms with E-state index in [1.54, 1.807) is 7.11 Å². The summed E-state index contributed by atoms with van der Waals surface area (Å²) in [6.45, 7) is 0. The second-order valence-electron chi connectivity index (χ2n) is 7.14. The van der Waals surface area contributed by atoms with Crippen molar-refractivity contribution < 1.29 is 14.6 Å². The third-order valence-corrected chi connectivity index (χ3v) is 5.25. The van der Waals surface area contributed by atoms with Gasteiger partial charge in [0, 0.05) is 12.8 Å². The van der Waals surface area contributed by atoms with E-state index >= 15 is 0 Å². The molecule has 4 rings (SSSR count). The van der Waals surface area contributed by atoms with Gasteiger partial charge in [0.2, 0.25) is 0 Å². The summed E-state index contributed by atoms with van der Waals surface area (Å²) in [5.41, 5.74) is 2.64. The number of hydrogen-bond donors (Lipinski definition) is 1. The summed E-state index contributed by atoms with van der Waals surface area (Å²) in [5.74, 6) is 0.674. The summed E-state index contributed by atoms with van der Waals surface area (Å²) in [6, 6.07) is 21.5. The number of fused-ring (bicyclic) bond motifs is 1. The summed E-state index contributed by atoms with van der Waals surface area (Å²) >= 11 is 0. The second kappa shape index (κ2) is 8.31. The average molecular weight is 385 g/mol. The summed E-state index contributed by atoms with van der Waals surface area (Å²) in [4.78, 5) is 17.4. The summed E-state index contributed by atoms with van der Waals surface area (Å²) in [6.07, 6.45) is 2.11. The molecule has 146 valence electrons. The molecule has 1 N–H and O–H groups in total. The fourth-order valence-corrected chi connectivity index (χ4v) is 3.85. The number of ketones is 1. The predicted octanol–water partition coefficient (Wildman–Crippen LogP) is 5.73. The van der Waals surface area contributed by atoms with Crippen molar-refractivity contribution in [2.45, 2.75) is 25.7 Å². The highest BCUT2D eigenvalue weighted by Crippen LogP contribution is 2.31. The van der Waals surface area contributed by atoms with Gasteiger partial charge in [-0.3, -0.25) is 4.79 Å². The molecule has 3 aromatic rings. The second-order valence-corrected chi connectivity index (χ2v) is 7.14. The van der Waals surface area contributed by atoms with E-state index in [1.807, 2.05) is 66.7 Å². The number of nitrogens with zero attached hydrogens (tertiary/aromatic N) is 1. The van der Waals surface area contributed by atoms with Gasteiger partial charge in [0.25, 0.3) is 0 Å². The molecule has 0 spiro atoms. The van der Waals surface area contributed by atoms with Crippen LogP contribution in [0.2, 0.25) is 0 Å². The zero-order valence-corrected chi connectivity index (χ0v) is 16.4. The van der Waals surface area contributed by atoms with Crippen LogP contribution in [0.5, 0.6) is 5.75 Å². The normalized spacial score (nSPS) is 17.6. The highest BCUT2D eigenvalue weighted by molar-refractivity contribution is 6.24. The molecule has 0 aliphatic heterocycles. The van der Waals surface area contributed by atoms with E-state index in [4.69, 9.17) is 9.73 Å². The number of ether oxygens (including phenoxy) is 1. The molecule has 1 aliphatic carbocycles. The minimum Gasteiger partial charge on any atom is -0.511 e. The number of para-hydroxylation sites is 2. The fraction of sp³-hybridized carbons (Fsp3) is 0.200. The van der Waals surface area contributed by atoms with Crippen LogP contribution in [0.25, 0.3) is 10.8 Å². The van der Waals surface area contributed by atoms with Crippen LogP contribution in [0.4, 0.5) is 5.69 Å². The molecule has 0 saturated heterocycles. The highest BCUT2D eigenvalue weighted by atomic mass is 16.5. The highest BCUT2D eigenvalue weighted by Gasteiger charge is 2.26. The lowest BCUT2D eigenvalue weighted by molar-refractivity contribution is -0.115. The van der Waals surface area contributed by atoms with Gasteiger partial charge in [-0.15, -0.1) is 0 Å². The summed E-state index contributed by atoms with van der Waals surface area (Å²) in [5, 5.41) is 13.2. The number of hydrogen-bond acceptors (Lipinski definition) is 4. The van der Waals surface area contributed by atoms with Crippen LogP contribution in [0.3, 0.4) is 0 Å². The number of Topliss-reactive ketones (excluding diaryl/α,β-unsaturated/α-hetero) is 1. The fourth-order valence-electron chi connectivity index (χ4n) is 3.85. The zero-order valence-electron chi connectivity index (χ0n) is 16.4. The quantitative estimate of drug-likeness (QED) is 0.461. The first-order valence-electron chi connectivity index (χ1n) is 9.80. The van der Waals surface area contributed by atoms with Crippen LogP contribution < -0.4 is 4.74 Å². The largest absolute Gasteiger partial charge is 0.511 e. The van der Waals surface area contributed by atoms with E-state index in [0.717, 1.165) is 22.8 Å². The van der Waals surface area contributed by atoms with E-state index in [-0.39, 0.29) is 11.5 Å². The summed E-state index contributed by atoms with van der Waals surface area (Å²) < 4.78 is 5.38. The van der Waals surface area contributed by atoms with E-state index in [1.165, 1.54) is 0 Å².